The maximum Gasteiger partial charge on any atom is 0.323 e. The first kappa shape index (κ1) is 18.8. The van der Waals surface area contributed by atoms with Gasteiger partial charge in [-0.15, -0.1) is 0 Å². The number of nitrogens with zero attached hydrogens (tertiary/aromatic N) is 2. The van der Waals surface area contributed by atoms with Gasteiger partial charge in [0, 0.05) is 16.6 Å². The van der Waals surface area contributed by atoms with Gasteiger partial charge in [-0.1, -0.05) is 28.1 Å². The van der Waals surface area contributed by atoms with Gasteiger partial charge in [0.1, 0.15) is 17.3 Å². The third-order valence-corrected chi connectivity index (χ3v) is 6.39. The summed E-state index contributed by atoms with van der Waals surface area (Å²) < 4.78 is 41.8. The first-order valence-electron chi connectivity index (χ1n) is 7.70. The maximum absolute atomic E-state index is 14.2. The molecule has 6 nitrogen and oxygen atoms in total. The standard InChI is InChI=1S/C17H16BrFN2O4S/c1-11-2-5-15-16(6-11)26(24,25)21(10-20(15)9-17(22)23)8-12-3-4-13(18)7-14(12)19/h2-7H,8-10H2,1H3,(H,22,23). The number of hydrogen-bond acceptors (Lipinski definition) is 4. The SMILES string of the molecule is Cc1ccc2c(c1)S(=O)(=O)N(Cc1ccc(Br)cc1F)CN2CC(=O)O. The summed E-state index contributed by atoms with van der Waals surface area (Å²) in [5.74, 6) is -1.61. The van der Waals surface area contributed by atoms with E-state index < -0.39 is 21.8 Å². The van der Waals surface area contributed by atoms with E-state index in [2.05, 4.69) is 15.9 Å². The van der Waals surface area contributed by atoms with Crippen molar-refractivity contribution in [1.82, 2.24) is 4.31 Å². The van der Waals surface area contributed by atoms with E-state index in [0.29, 0.717) is 10.2 Å². The number of sulfonamides is 1. The summed E-state index contributed by atoms with van der Waals surface area (Å²) in [6.07, 6.45) is 0. The lowest BCUT2D eigenvalue weighted by Crippen LogP contribution is -2.47. The highest BCUT2D eigenvalue weighted by atomic mass is 79.9. The smallest absolute Gasteiger partial charge is 0.323 e. The number of carboxylic acids is 1. The Morgan fingerprint density at radius 3 is 2.65 bits per heavy atom. The Labute approximate surface area is 159 Å². The topological polar surface area (TPSA) is 77.9 Å². The molecule has 0 atom stereocenters. The van der Waals surface area contributed by atoms with Crippen LogP contribution in [0, 0.1) is 12.7 Å². The quantitative estimate of drug-likeness (QED) is 0.787. The Morgan fingerprint density at radius 1 is 1.27 bits per heavy atom. The van der Waals surface area contributed by atoms with E-state index in [1.54, 1.807) is 25.1 Å². The minimum absolute atomic E-state index is 0.0301. The van der Waals surface area contributed by atoms with Gasteiger partial charge in [0.2, 0.25) is 10.0 Å². The lowest BCUT2D eigenvalue weighted by atomic mass is 10.2. The summed E-state index contributed by atoms with van der Waals surface area (Å²) in [5.41, 5.74) is 1.29. The molecule has 0 saturated heterocycles. The Morgan fingerprint density at radius 2 is 2.00 bits per heavy atom. The van der Waals surface area contributed by atoms with Crippen LogP contribution in [-0.4, -0.2) is 37.0 Å². The third-order valence-electron chi connectivity index (χ3n) is 4.09. The predicted octanol–water partition coefficient (Wildman–Crippen LogP) is 2.95. The van der Waals surface area contributed by atoms with Gasteiger partial charge < -0.3 is 10.0 Å². The van der Waals surface area contributed by atoms with E-state index >= 15 is 0 Å². The average molecular weight is 443 g/mol. The molecule has 0 fully saturated rings. The van der Waals surface area contributed by atoms with Crippen LogP contribution in [0.1, 0.15) is 11.1 Å². The van der Waals surface area contributed by atoms with E-state index in [9.17, 15) is 17.6 Å². The summed E-state index contributed by atoms with van der Waals surface area (Å²) >= 11 is 3.16. The van der Waals surface area contributed by atoms with E-state index in [1.165, 1.54) is 23.1 Å². The zero-order valence-corrected chi connectivity index (χ0v) is 16.2. The second-order valence-electron chi connectivity index (χ2n) is 6.06. The number of aryl methyl sites for hydroxylation is 1. The summed E-state index contributed by atoms with van der Waals surface area (Å²) in [4.78, 5) is 12.7. The Kier molecular flexibility index (Phi) is 5.05. The molecule has 1 aliphatic heterocycles. The number of anilines is 1. The molecule has 1 N–H and O–H groups in total. The van der Waals surface area contributed by atoms with Crippen molar-refractivity contribution in [2.45, 2.75) is 18.4 Å². The minimum atomic E-state index is -3.88. The molecule has 0 unspecified atom stereocenters. The van der Waals surface area contributed by atoms with Gasteiger partial charge in [-0.05, 0) is 36.8 Å². The first-order valence-corrected chi connectivity index (χ1v) is 9.93. The van der Waals surface area contributed by atoms with Crippen LogP contribution in [0.15, 0.2) is 45.8 Å². The van der Waals surface area contributed by atoms with Crippen LogP contribution in [0.4, 0.5) is 10.1 Å². The fourth-order valence-corrected chi connectivity index (χ4v) is 4.85. The van der Waals surface area contributed by atoms with E-state index in [-0.39, 0.29) is 30.2 Å². The second-order valence-corrected chi connectivity index (χ2v) is 8.88. The molecule has 26 heavy (non-hydrogen) atoms. The number of fused-ring (bicyclic) bond motifs is 1. The predicted molar refractivity (Wildman–Crippen MR) is 97.9 cm³/mol. The van der Waals surface area contributed by atoms with Crippen molar-refractivity contribution in [3.8, 4) is 0 Å². The number of aliphatic carboxylic acids is 1. The van der Waals surface area contributed by atoms with Crippen LogP contribution in [0.2, 0.25) is 0 Å². The first-order chi connectivity index (χ1) is 12.2. The molecule has 1 heterocycles. The van der Waals surface area contributed by atoms with Crippen molar-refractivity contribution in [2.75, 3.05) is 18.1 Å². The minimum Gasteiger partial charge on any atom is -0.480 e. The second kappa shape index (κ2) is 6.98. The highest BCUT2D eigenvalue weighted by Crippen LogP contribution is 2.35. The summed E-state index contributed by atoms with van der Waals surface area (Å²) in [5, 5.41) is 9.15. The van der Waals surface area contributed by atoms with E-state index in [4.69, 9.17) is 5.11 Å². The molecule has 9 heteroatoms. The zero-order chi connectivity index (χ0) is 19.1. The van der Waals surface area contributed by atoms with Gasteiger partial charge in [-0.3, -0.25) is 4.79 Å². The molecule has 0 aliphatic carbocycles. The molecular weight excluding hydrogens is 427 g/mol. The molecule has 3 rings (SSSR count). The van der Waals surface area contributed by atoms with Crippen molar-refractivity contribution in [3.05, 3.63) is 57.8 Å². The lowest BCUT2D eigenvalue weighted by molar-refractivity contribution is -0.135. The summed E-state index contributed by atoms with van der Waals surface area (Å²) in [6, 6.07) is 9.23. The Hall–Kier alpha value is -1.97. The van der Waals surface area contributed by atoms with Crippen LogP contribution in [0.5, 0.6) is 0 Å². The lowest BCUT2D eigenvalue weighted by Gasteiger charge is -2.37. The van der Waals surface area contributed by atoms with Crippen LogP contribution in [-0.2, 0) is 21.4 Å². The maximum atomic E-state index is 14.2. The zero-order valence-electron chi connectivity index (χ0n) is 13.8. The molecule has 0 bridgehead atoms. The normalized spacial score (nSPS) is 16.3. The van der Waals surface area contributed by atoms with Crippen LogP contribution in [0.3, 0.4) is 0 Å². The molecule has 0 radical (unpaired) electrons. The third kappa shape index (κ3) is 3.60. The molecule has 1 aliphatic rings. The monoisotopic (exact) mass is 442 g/mol. The fraction of sp³-hybridized carbons (Fsp3) is 0.235. The molecule has 0 aromatic heterocycles. The number of rotatable bonds is 4. The number of halogens is 2. The van der Waals surface area contributed by atoms with Crippen LogP contribution >= 0.6 is 15.9 Å². The Balaban J connectivity index is 2.04. The highest BCUT2D eigenvalue weighted by molar-refractivity contribution is 9.10. The van der Waals surface area contributed by atoms with E-state index in [0.717, 1.165) is 9.87 Å². The van der Waals surface area contributed by atoms with E-state index in [1.807, 2.05) is 0 Å². The average Bonchev–Trinajstić information content (AvgIpc) is 2.54. The van der Waals surface area contributed by atoms with Gasteiger partial charge in [0.15, 0.2) is 0 Å². The summed E-state index contributed by atoms with van der Waals surface area (Å²) in [7, 11) is -3.88. The molecule has 0 amide bonds. The highest BCUT2D eigenvalue weighted by Gasteiger charge is 2.36. The largest absolute Gasteiger partial charge is 0.480 e. The van der Waals surface area contributed by atoms with Crippen molar-refractivity contribution in [3.63, 3.8) is 0 Å². The summed E-state index contributed by atoms with van der Waals surface area (Å²) in [6.45, 7) is 1.04. The van der Waals surface area contributed by atoms with Gasteiger partial charge in [-0.25, -0.2) is 12.8 Å². The van der Waals surface area contributed by atoms with Crippen LogP contribution < -0.4 is 4.90 Å². The van der Waals surface area contributed by atoms with Crippen LogP contribution in [0.25, 0.3) is 0 Å². The number of carbonyl (C=O) groups is 1. The molecule has 2 aromatic rings. The number of benzene rings is 2. The van der Waals surface area contributed by atoms with Crippen molar-refractivity contribution in [2.24, 2.45) is 0 Å². The number of hydrogen-bond donors (Lipinski definition) is 1. The van der Waals surface area contributed by atoms with Gasteiger partial charge in [0.25, 0.3) is 0 Å². The van der Waals surface area contributed by atoms with Gasteiger partial charge in [-0.2, -0.15) is 4.31 Å². The molecule has 0 saturated carbocycles. The molecular formula is C17H16BrFN2O4S. The molecule has 2 aromatic carbocycles. The van der Waals surface area contributed by atoms with Crippen molar-refractivity contribution >= 4 is 37.6 Å². The molecule has 0 spiro atoms. The van der Waals surface area contributed by atoms with Crippen molar-refractivity contribution < 1.29 is 22.7 Å². The fourth-order valence-electron chi connectivity index (χ4n) is 2.84. The van der Waals surface area contributed by atoms with Gasteiger partial charge in [0.05, 0.1) is 12.4 Å². The number of carboxylic acid groups (broad SMARTS) is 1. The Bertz CT molecular complexity index is 981. The molecule has 138 valence electrons. The van der Waals surface area contributed by atoms with Crippen molar-refractivity contribution in [1.29, 1.82) is 0 Å². The van der Waals surface area contributed by atoms with Gasteiger partial charge >= 0.3 is 5.97 Å².